The Kier molecular flexibility index (Phi) is 4.62. The number of carbonyl (C=O) groups is 2. The largest absolute Gasteiger partial charge is 0.481 e. The summed E-state index contributed by atoms with van der Waals surface area (Å²) in [5.41, 5.74) is 0.626. The third-order valence-electron chi connectivity index (χ3n) is 3.06. The predicted molar refractivity (Wildman–Crippen MR) is 74.1 cm³/mol. The highest BCUT2D eigenvalue weighted by molar-refractivity contribution is 6.33. The molecule has 0 saturated carbocycles. The topological polar surface area (TPSA) is 111 Å². The molecule has 8 heteroatoms. The Morgan fingerprint density at radius 3 is 2.86 bits per heavy atom. The van der Waals surface area contributed by atoms with E-state index in [0.29, 0.717) is 5.56 Å². The first kappa shape index (κ1) is 15.1. The summed E-state index contributed by atoms with van der Waals surface area (Å²) in [6.45, 7) is 0.196. The highest BCUT2D eigenvalue weighted by Gasteiger charge is 2.35. The number of aliphatic carboxylic acids is 1. The van der Waals surface area contributed by atoms with Gasteiger partial charge in [-0.3, -0.25) is 4.79 Å². The number of nitrogens with zero attached hydrogens (tertiary/aromatic N) is 1. The number of carboxylic acid groups (broad SMARTS) is 1. The van der Waals surface area contributed by atoms with Crippen molar-refractivity contribution < 1.29 is 19.4 Å². The van der Waals surface area contributed by atoms with Crippen molar-refractivity contribution in [1.82, 2.24) is 5.32 Å². The number of carboxylic acids is 1. The molecular weight excluding hydrogens is 298 g/mol. The first-order valence-corrected chi connectivity index (χ1v) is 6.46. The minimum atomic E-state index is -1.03. The lowest BCUT2D eigenvalue weighted by Crippen LogP contribution is -2.44. The number of nitrogens with one attached hydrogen (secondary N) is 2. The molecule has 2 rings (SSSR count). The number of hydrogen-bond acceptors (Lipinski definition) is 4. The summed E-state index contributed by atoms with van der Waals surface area (Å²) < 4.78 is 5.05. The SMILES string of the molecule is N#Cc1ccc(Cl)c(NC(=O)NC2COCC2C(=O)O)c1. The molecular formula is C13H12ClN3O4. The number of halogens is 1. The summed E-state index contributed by atoms with van der Waals surface area (Å²) in [7, 11) is 0. The van der Waals surface area contributed by atoms with Gasteiger partial charge in [-0.2, -0.15) is 5.26 Å². The number of urea groups is 1. The van der Waals surface area contributed by atoms with Gasteiger partial charge in [0.1, 0.15) is 5.92 Å². The second-order valence-corrected chi connectivity index (χ2v) is 4.90. The van der Waals surface area contributed by atoms with Crippen LogP contribution in [0.1, 0.15) is 5.56 Å². The normalized spacial score (nSPS) is 20.6. The van der Waals surface area contributed by atoms with E-state index < -0.39 is 24.0 Å². The maximum absolute atomic E-state index is 11.9. The lowest BCUT2D eigenvalue weighted by molar-refractivity contribution is -0.142. The van der Waals surface area contributed by atoms with Crippen LogP contribution in [0.3, 0.4) is 0 Å². The fourth-order valence-electron chi connectivity index (χ4n) is 1.96. The number of hydrogen-bond donors (Lipinski definition) is 3. The molecule has 1 aliphatic heterocycles. The van der Waals surface area contributed by atoms with Crippen molar-refractivity contribution in [1.29, 1.82) is 5.26 Å². The summed E-state index contributed by atoms with van der Waals surface area (Å²) in [4.78, 5) is 22.9. The van der Waals surface area contributed by atoms with E-state index in [1.807, 2.05) is 6.07 Å². The predicted octanol–water partition coefficient (Wildman–Crippen LogP) is 1.43. The van der Waals surface area contributed by atoms with Gasteiger partial charge >= 0.3 is 12.0 Å². The van der Waals surface area contributed by atoms with Crippen molar-refractivity contribution >= 4 is 29.3 Å². The van der Waals surface area contributed by atoms with Crippen LogP contribution in [0.25, 0.3) is 0 Å². The third kappa shape index (κ3) is 3.62. The Balaban J connectivity index is 2.02. The monoisotopic (exact) mass is 309 g/mol. The molecule has 1 heterocycles. The maximum Gasteiger partial charge on any atom is 0.319 e. The zero-order valence-corrected chi connectivity index (χ0v) is 11.6. The van der Waals surface area contributed by atoms with Gasteiger partial charge in [-0.15, -0.1) is 0 Å². The van der Waals surface area contributed by atoms with E-state index in [-0.39, 0.29) is 23.9 Å². The number of ether oxygens (including phenoxy) is 1. The summed E-state index contributed by atoms with van der Waals surface area (Å²) in [5.74, 6) is -1.81. The summed E-state index contributed by atoms with van der Waals surface area (Å²) >= 11 is 5.92. The molecule has 110 valence electrons. The summed E-state index contributed by atoms with van der Waals surface area (Å²) in [6.07, 6.45) is 0. The average Bonchev–Trinajstić information content (AvgIpc) is 2.89. The number of benzene rings is 1. The quantitative estimate of drug-likeness (QED) is 0.782. The Bertz CT molecular complexity index is 614. The molecule has 1 saturated heterocycles. The van der Waals surface area contributed by atoms with Gasteiger partial charge in [-0.25, -0.2) is 4.79 Å². The van der Waals surface area contributed by atoms with E-state index in [2.05, 4.69) is 10.6 Å². The van der Waals surface area contributed by atoms with Gasteiger partial charge in [-0.05, 0) is 18.2 Å². The Hall–Kier alpha value is -2.30. The minimum absolute atomic E-state index is 0.0605. The van der Waals surface area contributed by atoms with Crippen LogP contribution in [0.2, 0.25) is 5.02 Å². The van der Waals surface area contributed by atoms with Gasteiger partial charge in [-0.1, -0.05) is 11.6 Å². The first-order valence-electron chi connectivity index (χ1n) is 6.09. The minimum Gasteiger partial charge on any atom is -0.481 e. The number of rotatable bonds is 3. The molecule has 2 amide bonds. The fraction of sp³-hybridized carbons (Fsp3) is 0.308. The summed E-state index contributed by atoms with van der Waals surface area (Å²) in [5, 5.41) is 23.1. The van der Waals surface area contributed by atoms with E-state index in [9.17, 15) is 9.59 Å². The van der Waals surface area contributed by atoms with E-state index >= 15 is 0 Å². The van der Waals surface area contributed by atoms with Crippen molar-refractivity contribution in [2.24, 2.45) is 5.92 Å². The van der Waals surface area contributed by atoms with Crippen LogP contribution >= 0.6 is 11.6 Å². The highest BCUT2D eigenvalue weighted by Crippen LogP contribution is 2.23. The van der Waals surface area contributed by atoms with E-state index in [4.69, 9.17) is 26.7 Å². The molecule has 21 heavy (non-hydrogen) atoms. The van der Waals surface area contributed by atoms with Crippen LogP contribution in [-0.2, 0) is 9.53 Å². The van der Waals surface area contributed by atoms with E-state index in [1.165, 1.54) is 18.2 Å². The molecule has 1 aromatic carbocycles. The molecule has 1 fully saturated rings. The van der Waals surface area contributed by atoms with Crippen molar-refractivity contribution in [3.8, 4) is 6.07 Å². The maximum atomic E-state index is 11.9. The van der Waals surface area contributed by atoms with Crippen LogP contribution in [0, 0.1) is 17.2 Å². The van der Waals surface area contributed by atoms with Crippen molar-refractivity contribution in [2.45, 2.75) is 6.04 Å². The van der Waals surface area contributed by atoms with Crippen LogP contribution in [0.15, 0.2) is 18.2 Å². The molecule has 1 aliphatic rings. The van der Waals surface area contributed by atoms with Crippen molar-refractivity contribution in [3.05, 3.63) is 28.8 Å². The fourth-order valence-corrected chi connectivity index (χ4v) is 2.12. The Morgan fingerprint density at radius 2 is 2.19 bits per heavy atom. The molecule has 7 nitrogen and oxygen atoms in total. The highest BCUT2D eigenvalue weighted by atomic mass is 35.5. The summed E-state index contributed by atoms with van der Waals surface area (Å²) in [6, 6.07) is 5.17. The molecule has 2 atom stereocenters. The standard InChI is InChI=1S/C13H12ClN3O4/c14-9-2-1-7(4-15)3-10(9)16-13(20)17-11-6-21-5-8(11)12(18)19/h1-3,8,11H,5-6H2,(H,18,19)(H2,16,17,20). The van der Waals surface area contributed by atoms with Gasteiger partial charge in [0.05, 0.1) is 41.6 Å². The average molecular weight is 310 g/mol. The molecule has 0 spiro atoms. The molecule has 0 aliphatic carbocycles. The molecule has 3 N–H and O–H groups in total. The third-order valence-corrected chi connectivity index (χ3v) is 3.39. The van der Waals surface area contributed by atoms with E-state index in [1.54, 1.807) is 0 Å². The lowest BCUT2D eigenvalue weighted by Gasteiger charge is -2.16. The second-order valence-electron chi connectivity index (χ2n) is 4.49. The van der Waals surface area contributed by atoms with Crippen molar-refractivity contribution in [2.75, 3.05) is 18.5 Å². The van der Waals surface area contributed by atoms with Gasteiger partial charge in [0.2, 0.25) is 0 Å². The zero-order valence-electron chi connectivity index (χ0n) is 10.8. The number of amides is 2. The van der Waals surface area contributed by atoms with Crippen LogP contribution in [0.5, 0.6) is 0 Å². The van der Waals surface area contributed by atoms with Gasteiger partial charge in [0.25, 0.3) is 0 Å². The van der Waals surface area contributed by atoms with Gasteiger partial charge < -0.3 is 20.5 Å². The molecule has 2 unspecified atom stereocenters. The van der Waals surface area contributed by atoms with E-state index in [0.717, 1.165) is 0 Å². The van der Waals surface area contributed by atoms with Gasteiger partial charge in [0.15, 0.2) is 0 Å². The Labute approximate surface area is 125 Å². The van der Waals surface area contributed by atoms with Crippen molar-refractivity contribution in [3.63, 3.8) is 0 Å². The number of carbonyl (C=O) groups excluding carboxylic acids is 1. The molecule has 0 aromatic heterocycles. The van der Waals surface area contributed by atoms with Gasteiger partial charge in [0, 0.05) is 0 Å². The second kappa shape index (κ2) is 6.43. The molecule has 1 aromatic rings. The Morgan fingerprint density at radius 1 is 1.43 bits per heavy atom. The zero-order chi connectivity index (χ0) is 15.4. The first-order chi connectivity index (χ1) is 10.0. The molecule has 0 radical (unpaired) electrons. The number of nitriles is 1. The van der Waals surface area contributed by atoms with Crippen LogP contribution < -0.4 is 10.6 Å². The van der Waals surface area contributed by atoms with Crippen LogP contribution in [0.4, 0.5) is 10.5 Å². The van der Waals surface area contributed by atoms with Crippen LogP contribution in [-0.4, -0.2) is 36.4 Å². The smallest absolute Gasteiger partial charge is 0.319 e. The molecule has 0 bridgehead atoms. The number of anilines is 1. The lowest BCUT2D eigenvalue weighted by atomic mass is 10.0.